The number of benzene rings is 1. The molecule has 5 rings (SSSR count). The summed E-state index contributed by atoms with van der Waals surface area (Å²) < 4.78 is 0. The summed E-state index contributed by atoms with van der Waals surface area (Å²) in [4.78, 5) is 15.5. The average molecular weight is 306 g/mol. The van der Waals surface area contributed by atoms with E-state index in [0.717, 1.165) is 38.0 Å². The highest BCUT2D eigenvalue weighted by Gasteiger charge is 2.67. The number of nitrogens with one attached hydrogen (secondary N) is 1. The molecule has 1 N–H and O–H groups in total. The van der Waals surface area contributed by atoms with Crippen LogP contribution in [0.25, 0.3) is 0 Å². The first-order chi connectivity index (χ1) is 11.2. The Morgan fingerprint density at radius 1 is 1.35 bits per heavy atom. The van der Waals surface area contributed by atoms with E-state index < -0.39 is 0 Å². The van der Waals surface area contributed by atoms with Crippen LogP contribution >= 0.6 is 0 Å². The van der Waals surface area contributed by atoms with Crippen molar-refractivity contribution in [3.05, 3.63) is 54.6 Å². The van der Waals surface area contributed by atoms with Gasteiger partial charge in [-0.1, -0.05) is 36.4 Å². The minimum atomic E-state index is -0.0713. The lowest BCUT2D eigenvalue weighted by atomic mass is 9.60. The van der Waals surface area contributed by atoms with Crippen molar-refractivity contribution in [3.63, 3.8) is 0 Å². The van der Waals surface area contributed by atoms with E-state index in [4.69, 9.17) is 0 Å². The molecule has 1 amide bonds. The molecular formula is C20H22N2O. The van der Waals surface area contributed by atoms with Gasteiger partial charge in [-0.3, -0.25) is 9.69 Å². The third kappa shape index (κ3) is 1.47. The molecule has 1 spiro atoms. The SMILES string of the molecule is C=C[C@]12C=CCN3CCC[C@@]4(c5ccccc5NC(=O)[C@H]4C1)[C@@H]32. The molecule has 1 saturated carbocycles. The molecule has 118 valence electrons. The number of carbonyl (C=O) groups is 1. The van der Waals surface area contributed by atoms with Crippen molar-refractivity contribution in [2.45, 2.75) is 30.7 Å². The van der Waals surface area contributed by atoms with Crippen LogP contribution in [0.3, 0.4) is 0 Å². The minimum absolute atomic E-state index is 0.0472. The van der Waals surface area contributed by atoms with Gasteiger partial charge in [0.15, 0.2) is 0 Å². The van der Waals surface area contributed by atoms with E-state index >= 15 is 0 Å². The summed E-state index contributed by atoms with van der Waals surface area (Å²) in [7, 11) is 0. The number of amides is 1. The smallest absolute Gasteiger partial charge is 0.228 e. The Balaban J connectivity index is 1.82. The molecule has 0 radical (unpaired) electrons. The zero-order chi connectivity index (χ0) is 15.7. The molecule has 4 atom stereocenters. The molecule has 0 unspecified atom stereocenters. The first-order valence-electron chi connectivity index (χ1n) is 8.67. The average Bonchev–Trinajstić information content (AvgIpc) is 2.90. The van der Waals surface area contributed by atoms with Crippen molar-refractivity contribution in [2.24, 2.45) is 11.3 Å². The molecule has 1 saturated heterocycles. The van der Waals surface area contributed by atoms with Crippen molar-refractivity contribution in [1.29, 1.82) is 0 Å². The summed E-state index contributed by atoms with van der Waals surface area (Å²) in [6.07, 6.45) is 9.87. The first-order valence-corrected chi connectivity index (χ1v) is 8.67. The van der Waals surface area contributed by atoms with Crippen LogP contribution < -0.4 is 5.32 Å². The number of hydrogen-bond acceptors (Lipinski definition) is 2. The number of nitrogens with zero attached hydrogens (tertiary/aromatic N) is 1. The fourth-order valence-corrected chi connectivity index (χ4v) is 6.04. The van der Waals surface area contributed by atoms with Gasteiger partial charge in [0, 0.05) is 29.1 Å². The number of carbonyl (C=O) groups excluding carboxylic acids is 1. The summed E-state index contributed by atoms with van der Waals surface area (Å²) >= 11 is 0. The first kappa shape index (κ1) is 13.6. The Labute approximate surface area is 137 Å². The molecule has 3 heterocycles. The Hall–Kier alpha value is -1.87. The lowest BCUT2D eigenvalue weighted by Crippen LogP contribution is -2.61. The van der Waals surface area contributed by atoms with E-state index in [1.165, 1.54) is 5.56 Å². The highest BCUT2D eigenvalue weighted by Crippen LogP contribution is 2.64. The van der Waals surface area contributed by atoms with Crippen molar-refractivity contribution in [3.8, 4) is 0 Å². The molecule has 3 aliphatic heterocycles. The predicted octanol–water partition coefficient (Wildman–Crippen LogP) is 3.10. The fraction of sp³-hybridized carbons (Fsp3) is 0.450. The summed E-state index contributed by atoms with van der Waals surface area (Å²) in [5.74, 6) is 0.250. The summed E-state index contributed by atoms with van der Waals surface area (Å²) in [6, 6.07) is 8.80. The third-order valence-electron chi connectivity index (χ3n) is 6.73. The van der Waals surface area contributed by atoms with Gasteiger partial charge >= 0.3 is 0 Å². The lowest BCUT2D eigenvalue weighted by Gasteiger charge is -2.55. The molecule has 0 bridgehead atoms. The molecular weight excluding hydrogens is 284 g/mol. The van der Waals surface area contributed by atoms with Gasteiger partial charge in [0.2, 0.25) is 5.91 Å². The second-order valence-corrected chi connectivity index (χ2v) is 7.55. The number of hydrogen-bond donors (Lipinski definition) is 1. The van der Waals surface area contributed by atoms with Gasteiger partial charge in [-0.15, -0.1) is 6.58 Å². The van der Waals surface area contributed by atoms with E-state index in [9.17, 15) is 4.79 Å². The fourth-order valence-electron chi connectivity index (χ4n) is 6.04. The predicted molar refractivity (Wildman–Crippen MR) is 91.2 cm³/mol. The molecule has 4 aliphatic rings. The maximum Gasteiger partial charge on any atom is 0.228 e. The Morgan fingerprint density at radius 3 is 3.09 bits per heavy atom. The van der Waals surface area contributed by atoms with Crippen LogP contribution in [-0.2, 0) is 10.2 Å². The highest BCUT2D eigenvalue weighted by atomic mass is 16.2. The van der Waals surface area contributed by atoms with Gasteiger partial charge in [0.25, 0.3) is 0 Å². The normalized spacial score (nSPS) is 40.8. The van der Waals surface area contributed by atoms with Gasteiger partial charge in [-0.25, -0.2) is 0 Å². The van der Waals surface area contributed by atoms with E-state index in [2.05, 4.69) is 53.2 Å². The number of rotatable bonds is 1. The number of para-hydroxylation sites is 1. The maximum atomic E-state index is 12.9. The quantitative estimate of drug-likeness (QED) is 0.809. The Morgan fingerprint density at radius 2 is 2.22 bits per heavy atom. The van der Waals surface area contributed by atoms with Crippen molar-refractivity contribution < 1.29 is 4.79 Å². The van der Waals surface area contributed by atoms with Gasteiger partial charge in [0.1, 0.15) is 0 Å². The Bertz CT molecular complexity index is 739. The topological polar surface area (TPSA) is 32.3 Å². The van der Waals surface area contributed by atoms with E-state index in [-0.39, 0.29) is 22.7 Å². The highest BCUT2D eigenvalue weighted by molar-refractivity contribution is 5.98. The monoisotopic (exact) mass is 306 g/mol. The largest absolute Gasteiger partial charge is 0.326 e. The number of piperidine rings is 1. The van der Waals surface area contributed by atoms with Crippen molar-refractivity contribution in [1.82, 2.24) is 4.90 Å². The molecule has 1 aromatic carbocycles. The van der Waals surface area contributed by atoms with Crippen LogP contribution in [0.5, 0.6) is 0 Å². The third-order valence-corrected chi connectivity index (χ3v) is 6.73. The summed E-state index contributed by atoms with van der Waals surface area (Å²) in [5.41, 5.74) is 2.23. The van der Waals surface area contributed by atoms with E-state index in [1.807, 2.05) is 6.07 Å². The van der Waals surface area contributed by atoms with Crippen LogP contribution in [-0.4, -0.2) is 29.9 Å². The summed E-state index contributed by atoms with van der Waals surface area (Å²) in [5, 5.41) is 3.16. The van der Waals surface area contributed by atoms with E-state index in [1.54, 1.807) is 0 Å². The second kappa shape index (κ2) is 4.35. The molecule has 23 heavy (non-hydrogen) atoms. The zero-order valence-corrected chi connectivity index (χ0v) is 13.3. The molecule has 3 heteroatoms. The minimum Gasteiger partial charge on any atom is -0.326 e. The van der Waals surface area contributed by atoms with Crippen molar-refractivity contribution in [2.75, 3.05) is 18.4 Å². The van der Waals surface area contributed by atoms with Crippen LogP contribution in [0.15, 0.2) is 49.1 Å². The Kier molecular flexibility index (Phi) is 2.57. The van der Waals surface area contributed by atoms with Crippen molar-refractivity contribution >= 4 is 11.6 Å². The van der Waals surface area contributed by atoms with Gasteiger partial charge in [-0.2, -0.15) is 0 Å². The van der Waals surface area contributed by atoms with Crippen LogP contribution in [0.4, 0.5) is 5.69 Å². The maximum absolute atomic E-state index is 12.9. The molecule has 1 aliphatic carbocycles. The molecule has 0 aromatic heterocycles. The number of anilines is 1. The van der Waals surface area contributed by atoms with Gasteiger partial charge in [0.05, 0.1) is 5.92 Å². The standard InChI is InChI=1S/C20H22N2O/c1-2-19-9-5-11-22-12-6-10-20(18(19)22)14-7-3-4-8-16(14)21-17(23)15(20)13-19/h2-5,7-9,15,18H,1,6,10-13H2,(H,21,23)/t15-,18+,19+,20+/m1/s1. The zero-order valence-electron chi connectivity index (χ0n) is 13.3. The lowest BCUT2D eigenvalue weighted by molar-refractivity contribution is -0.123. The van der Waals surface area contributed by atoms with Crippen LogP contribution in [0.2, 0.25) is 0 Å². The molecule has 3 nitrogen and oxygen atoms in total. The number of fused-ring (bicyclic) bond motifs is 1. The molecule has 1 aromatic rings. The van der Waals surface area contributed by atoms with Crippen LogP contribution in [0.1, 0.15) is 24.8 Å². The van der Waals surface area contributed by atoms with E-state index in [0.29, 0.717) is 6.04 Å². The van der Waals surface area contributed by atoms with Gasteiger partial charge < -0.3 is 5.32 Å². The van der Waals surface area contributed by atoms with Gasteiger partial charge in [-0.05, 0) is 37.4 Å². The second-order valence-electron chi connectivity index (χ2n) is 7.55. The van der Waals surface area contributed by atoms with Crippen LogP contribution in [0, 0.1) is 11.3 Å². The summed E-state index contributed by atoms with van der Waals surface area (Å²) in [6.45, 7) is 6.30. The molecule has 2 fully saturated rings.